The van der Waals surface area contributed by atoms with Gasteiger partial charge in [-0.25, -0.2) is 4.79 Å². The zero-order valence-corrected chi connectivity index (χ0v) is 17.7. The Morgan fingerprint density at radius 2 is 1.68 bits per heavy atom. The Bertz CT molecular complexity index is 969. The van der Waals surface area contributed by atoms with E-state index in [1.54, 1.807) is 0 Å². The number of carbonyl (C=O) groups is 1. The van der Waals surface area contributed by atoms with Crippen molar-refractivity contribution in [3.8, 4) is 17.0 Å². The molecule has 2 aromatic carbocycles. The Morgan fingerprint density at radius 1 is 0.935 bits per heavy atom. The third kappa shape index (κ3) is 5.31. The molecule has 2 heterocycles. The summed E-state index contributed by atoms with van der Waals surface area (Å²) >= 11 is 0. The van der Waals surface area contributed by atoms with Gasteiger partial charge in [-0.05, 0) is 48.9 Å². The molecule has 0 unspecified atom stereocenters. The van der Waals surface area contributed by atoms with Gasteiger partial charge in [-0.15, -0.1) is 10.2 Å². The van der Waals surface area contributed by atoms with E-state index in [0.717, 1.165) is 41.5 Å². The highest BCUT2D eigenvalue weighted by Gasteiger charge is 2.22. The molecule has 1 aliphatic rings. The van der Waals surface area contributed by atoms with Gasteiger partial charge in [0.25, 0.3) is 0 Å². The molecule has 4 rings (SSSR count). The molecule has 0 bridgehead atoms. The summed E-state index contributed by atoms with van der Waals surface area (Å²) in [6.45, 7) is 5.93. The molecule has 0 atom stereocenters. The molecule has 1 N–H and O–H groups in total. The molecule has 7 nitrogen and oxygen atoms in total. The van der Waals surface area contributed by atoms with Gasteiger partial charge >= 0.3 is 6.03 Å². The molecule has 0 aliphatic carbocycles. The summed E-state index contributed by atoms with van der Waals surface area (Å²) in [5.41, 5.74) is 2.92. The van der Waals surface area contributed by atoms with Gasteiger partial charge < -0.3 is 19.9 Å². The zero-order valence-electron chi connectivity index (χ0n) is 17.7. The number of anilines is 1. The number of benzene rings is 2. The third-order valence-corrected chi connectivity index (χ3v) is 5.29. The van der Waals surface area contributed by atoms with Crippen molar-refractivity contribution in [3.05, 3.63) is 72.3 Å². The molecule has 3 aromatic rings. The van der Waals surface area contributed by atoms with Crippen LogP contribution in [0.3, 0.4) is 0 Å². The summed E-state index contributed by atoms with van der Waals surface area (Å²) in [5.74, 6) is 1.68. The quantitative estimate of drug-likeness (QED) is 0.664. The van der Waals surface area contributed by atoms with Crippen molar-refractivity contribution in [2.45, 2.75) is 13.5 Å². The lowest BCUT2D eigenvalue weighted by Gasteiger charge is -2.35. The number of carbonyl (C=O) groups excluding carboxylic acids is 1. The second-order valence-electron chi connectivity index (χ2n) is 7.35. The van der Waals surface area contributed by atoms with Gasteiger partial charge in [0.1, 0.15) is 5.75 Å². The SMILES string of the molecule is CCOc1ccc(-c2ccc(N3CCN(C(=O)NCc4ccccc4)CC3)nn2)cc1. The molecular formula is C24H27N5O2. The number of aromatic nitrogens is 2. The predicted octanol–water partition coefficient (Wildman–Crippen LogP) is 3.57. The van der Waals surface area contributed by atoms with Gasteiger partial charge in [0, 0.05) is 38.3 Å². The Morgan fingerprint density at radius 3 is 2.32 bits per heavy atom. The van der Waals surface area contributed by atoms with Crippen LogP contribution in [-0.4, -0.2) is 53.9 Å². The molecule has 0 saturated carbocycles. The number of nitrogens with one attached hydrogen (secondary N) is 1. The van der Waals surface area contributed by atoms with Crippen LogP contribution in [-0.2, 0) is 6.54 Å². The number of hydrogen-bond acceptors (Lipinski definition) is 5. The van der Waals surface area contributed by atoms with Crippen molar-refractivity contribution in [2.75, 3.05) is 37.7 Å². The van der Waals surface area contributed by atoms with E-state index in [9.17, 15) is 4.79 Å². The van der Waals surface area contributed by atoms with Gasteiger partial charge in [-0.2, -0.15) is 0 Å². The maximum absolute atomic E-state index is 12.4. The first kappa shape index (κ1) is 20.7. The third-order valence-electron chi connectivity index (χ3n) is 5.29. The molecule has 1 fully saturated rings. The number of urea groups is 1. The molecule has 1 aromatic heterocycles. The zero-order chi connectivity index (χ0) is 21.5. The smallest absolute Gasteiger partial charge is 0.317 e. The number of rotatable bonds is 6. The van der Waals surface area contributed by atoms with Crippen molar-refractivity contribution in [3.63, 3.8) is 0 Å². The Hall–Kier alpha value is -3.61. The first-order valence-electron chi connectivity index (χ1n) is 10.6. The van der Waals surface area contributed by atoms with Gasteiger partial charge in [-0.1, -0.05) is 30.3 Å². The van der Waals surface area contributed by atoms with E-state index < -0.39 is 0 Å². The second kappa shape index (κ2) is 9.93. The maximum atomic E-state index is 12.4. The van der Waals surface area contributed by atoms with Crippen LogP contribution in [0.5, 0.6) is 5.75 Å². The van der Waals surface area contributed by atoms with Crippen LogP contribution in [0.2, 0.25) is 0 Å². The average Bonchev–Trinajstić information content (AvgIpc) is 2.84. The monoisotopic (exact) mass is 417 g/mol. The van der Waals surface area contributed by atoms with Crippen LogP contribution in [0, 0.1) is 0 Å². The molecule has 7 heteroatoms. The lowest BCUT2D eigenvalue weighted by atomic mass is 10.1. The molecule has 2 amide bonds. The topological polar surface area (TPSA) is 70.6 Å². The summed E-state index contributed by atoms with van der Waals surface area (Å²) in [5, 5.41) is 11.8. The van der Waals surface area contributed by atoms with E-state index in [1.165, 1.54) is 0 Å². The van der Waals surface area contributed by atoms with E-state index >= 15 is 0 Å². The summed E-state index contributed by atoms with van der Waals surface area (Å²) in [6.07, 6.45) is 0. The Labute approximate surface area is 182 Å². The van der Waals surface area contributed by atoms with Crippen LogP contribution in [0.1, 0.15) is 12.5 Å². The number of piperazine rings is 1. The Balaban J connectivity index is 1.29. The first-order valence-corrected chi connectivity index (χ1v) is 10.6. The summed E-state index contributed by atoms with van der Waals surface area (Å²) in [4.78, 5) is 16.5. The van der Waals surface area contributed by atoms with E-state index in [-0.39, 0.29) is 6.03 Å². The molecule has 31 heavy (non-hydrogen) atoms. The van der Waals surface area contributed by atoms with E-state index in [2.05, 4.69) is 20.4 Å². The summed E-state index contributed by atoms with van der Waals surface area (Å²) < 4.78 is 5.48. The highest BCUT2D eigenvalue weighted by molar-refractivity contribution is 5.74. The van der Waals surface area contributed by atoms with Crippen LogP contribution >= 0.6 is 0 Å². The second-order valence-corrected chi connectivity index (χ2v) is 7.35. The maximum Gasteiger partial charge on any atom is 0.317 e. The molecule has 1 aliphatic heterocycles. The highest BCUT2D eigenvalue weighted by Crippen LogP contribution is 2.22. The van der Waals surface area contributed by atoms with Gasteiger partial charge in [0.05, 0.1) is 12.3 Å². The number of amides is 2. The molecular weight excluding hydrogens is 390 g/mol. The lowest BCUT2D eigenvalue weighted by molar-refractivity contribution is 0.194. The fraction of sp³-hybridized carbons (Fsp3) is 0.292. The number of ether oxygens (including phenoxy) is 1. The standard InChI is InChI=1S/C24H27N5O2/c1-2-31-21-10-8-20(9-11-21)22-12-13-23(27-26-22)28-14-16-29(17-15-28)24(30)25-18-19-6-4-3-5-7-19/h3-13H,2,14-18H2,1H3,(H,25,30). The molecule has 0 radical (unpaired) electrons. The van der Waals surface area contributed by atoms with Gasteiger partial charge in [0.15, 0.2) is 5.82 Å². The van der Waals surface area contributed by atoms with Crippen LogP contribution in [0.4, 0.5) is 10.6 Å². The van der Waals surface area contributed by atoms with Gasteiger partial charge in [-0.3, -0.25) is 0 Å². The average molecular weight is 418 g/mol. The minimum atomic E-state index is -0.0274. The van der Waals surface area contributed by atoms with Crippen LogP contribution in [0.15, 0.2) is 66.7 Å². The van der Waals surface area contributed by atoms with E-state index in [1.807, 2.05) is 78.6 Å². The fourth-order valence-corrected chi connectivity index (χ4v) is 3.56. The van der Waals surface area contributed by atoms with Crippen LogP contribution < -0.4 is 15.0 Å². The van der Waals surface area contributed by atoms with Crippen molar-refractivity contribution < 1.29 is 9.53 Å². The number of nitrogens with zero attached hydrogens (tertiary/aromatic N) is 4. The normalized spacial score (nSPS) is 13.7. The molecule has 160 valence electrons. The van der Waals surface area contributed by atoms with Crippen molar-refractivity contribution in [2.24, 2.45) is 0 Å². The number of hydrogen-bond donors (Lipinski definition) is 1. The summed E-state index contributed by atoms with van der Waals surface area (Å²) in [6, 6.07) is 21.7. The Kier molecular flexibility index (Phi) is 6.62. The van der Waals surface area contributed by atoms with Gasteiger partial charge in [0.2, 0.25) is 0 Å². The lowest BCUT2D eigenvalue weighted by Crippen LogP contribution is -2.51. The fourth-order valence-electron chi connectivity index (χ4n) is 3.56. The largest absolute Gasteiger partial charge is 0.494 e. The van der Waals surface area contributed by atoms with E-state index in [0.29, 0.717) is 26.2 Å². The minimum absolute atomic E-state index is 0.0274. The van der Waals surface area contributed by atoms with Crippen LogP contribution in [0.25, 0.3) is 11.3 Å². The predicted molar refractivity (Wildman–Crippen MR) is 121 cm³/mol. The van der Waals surface area contributed by atoms with E-state index in [4.69, 9.17) is 4.74 Å². The first-order chi connectivity index (χ1) is 15.2. The van der Waals surface area contributed by atoms with Crippen molar-refractivity contribution in [1.29, 1.82) is 0 Å². The highest BCUT2D eigenvalue weighted by atomic mass is 16.5. The van der Waals surface area contributed by atoms with Crippen molar-refractivity contribution >= 4 is 11.8 Å². The summed E-state index contributed by atoms with van der Waals surface area (Å²) in [7, 11) is 0. The molecule has 1 saturated heterocycles. The molecule has 0 spiro atoms. The minimum Gasteiger partial charge on any atom is -0.494 e. The van der Waals surface area contributed by atoms with Crippen molar-refractivity contribution in [1.82, 2.24) is 20.4 Å².